The number of carbonyl (C=O) groups is 1. The van der Waals surface area contributed by atoms with E-state index >= 15 is 0 Å². The van der Waals surface area contributed by atoms with Gasteiger partial charge in [0.25, 0.3) is 5.91 Å². The summed E-state index contributed by atoms with van der Waals surface area (Å²) in [5, 5.41) is 23.2. The number of hydrogen-bond acceptors (Lipinski definition) is 6. The van der Waals surface area contributed by atoms with E-state index in [9.17, 15) is 4.79 Å². The van der Waals surface area contributed by atoms with Crippen LogP contribution in [0.25, 0.3) is 0 Å². The molecule has 1 aliphatic rings. The van der Waals surface area contributed by atoms with Crippen LogP contribution in [0.5, 0.6) is 0 Å². The number of carbonyl (C=O) groups excluding carboxylic acids is 1. The van der Waals surface area contributed by atoms with Crippen LogP contribution in [0.15, 0.2) is 27.8 Å². The van der Waals surface area contributed by atoms with Crippen LogP contribution in [0, 0.1) is 5.92 Å². The number of amidine groups is 2. The second kappa shape index (κ2) is 10.5. The average molecular weight is 315 g/mol. The SMILES string of the molecule is CCC(N)=NO.NC(=NO)C1CC1.NC(=O)c1cccs1. The van der Waals surface area contributed by atoms with E-state index < -0.39 is 0 Å². The van der Waals surface area contributed by atoms with E-state index in [1.165, 1.54) is 11.3 Å². The third kappa shape index (κ3) is 9.27. The molecule has 2 rings (SSSR count). The van der Waals surface area contributed by atoms with Crippen molar-refractivity contribution in [1.82, 2.24) is 0 Å². The van der Waals surface area contributed by atoms with Crippen molar-refractivity contribution in [2.75, 3.05) is 0 Å². The van der Waals surface area contributed by atoms with E-state index in [2.05, 4.69) is 10.3 Å². The van der Waals surface area contributed by atoms with E-state index in [1.807, 2.05) is 12.3 Å². The van der Waals surface area contributed by atoms with Crippen LogP contribution in [0.1, 0.15) is 35.9 Å². The average Bonchev–Trinajstić information content (AvgIpc) is 3.20. The van der Waals surface area contributed by atoms with Crippen LogP contribution in [0.3, 0.4) is 0 Å². The lowest BCUT2D eigenvalue weighted by Gasteiger charge is -1.85. The number of oxime groups is 2. The molecule has 1 fully saturated rings. The maximum absolute atomic E-state index is 10.3. The molecule has 1 heterocycles. The number of primary amides is 1. The number of hydrogen-bond donors (Lipinski definition) is 5. The lowest BCUT2D eigenvalue weighted by molar-refractivity contribution is 0.100. The minimum Gasteiger partial charge on any atom is -0.409 e. The van der Waals surface area contributed by atoms with Crippen LogP contribution >= 0.6 is 11.3 Å². The molecule has 118 valence electrons. The van der Waals surface area contributed by atoms with Crippen molar-refractivity contribution in [3.63, 3.8) is 0 Å². The van der Waals surface area contributed by atoms with Gasteiger partial charge in [0, 0.05) is 12.3 Å². The molecule has 0 radical (unpaired) electrons. The van der Waals surface area contributed by atoms with Crippen LogP contribution in [0.2, 0.25) is 0 Å². The summed E-state index contributed by atoms with van der Waals surface area (Å²) in [6, 6.07) is 3.50. The Morgan fingerprint density at radius 1 is 1.33 bits per heavy atom. The third-order valence-corrected chi connectivity index (χ3v) is 3.25. The number of amides is 1. The monoisotopic (exact) mass is 315 g/mol. The molecule has 1 aliphatic carbocycles. The van der Waals surface area contributed by atoms with Crippen LogP contribution in [0.4, 0.5) is 0 Å². The van der Waals surface area contributed by atoms with Crippen molar-refractivity contribution in [2.45, 2.75) is 26.2 Å². The molecular formula is C12H21N5O3S. The van der Waals surface area contributed by atoms with Crippen molar-refractivity contribution >= 4 is 28.9 Å². The fourth-order valence-corrected chi connectivity index (χ4v) is 1.53. The zero-order chi connectivity index (χ0) is 16.3. The summed E-state index contributed by atoms with van der Waals surface area (Å²) in [5.74, 6) is 0.708. The van der Waals surface area contributed by atoms with Crippen molar-refractivity contribution in [2.24, 2.45) is 33.4 Å². The highest BCUT2D eigenvalue weighted by molar-refractivity contribution is 7.12. The molecule has 0 atom stereocenters. The first-order valence-electron chi connectivity index (χ1n) is 6.23. The summed E-state index contributed by atoms with van der Waals surface area (Å²) in [6.45, 7) is 1.81. The Kier molecular flexibility index (Phi) is 9.35. The Balaban J connectivity index is 0.000000290. The Morgan fingerprint density at radius 2 is 1.95 bits per heavy atom. The Labute approximate surface area is 126 Å². The second-order valence-electron chi connectivity index (χ2n) is 4.09. The molecule has 0 aromatic carbocycles. The number of thiophene rings is 1. The highest BCUT2D eigenvalue weighted by Crippen LogP contribution is 2.28. The van der Waals surface area contributed by atoms with Gasteiger partial charge in [0.1, 0.15) is 11.7 Å². The molecule has 0 spiro atoms. The van der Waals surface area contributed by atoms with Crippen LogP contribution in [-0.2, 0) is 0 Å². The number of nitrogens with two attached hydrogens (primary N) is 3. The van der Waals surface area contributed by atoms with E-state index in [4.69, 9.17) is 27.6 Å². The molecule has 0 unspecified atom stereocenters. The summed E-state index contributed by atoms with van der Waals surface area (Å²) in [5.41, 5.74) is 15.1. The van der Waals surface area contributed by atoms with Crippen molar-refractivity contribution in [3.8, 4) is 0 Å². The second-order valence-corrected chi connectivity index (χ2v) is 5.03. The molecule has 0 bridgehead atoms. The summed E-state index contributed by atoms with van der Waals surface area (Å²) in [7, 11) is 0. The van der Waals surface area contributed by atoms with Gasteiger partial charge in [0.05, 0.1) is 4.88 Å². The topological polar surface area (TPSA) is 160 Å². The number of rotatable bonds is 3. The molecule has 8 nitrogen and oxygen atoms in total. The molecule has 9 heteroatoms. The van der Waals surface area contributed by atoms with E-state index in [0.29, 0.717) is 23.1 Å². The molecule has 0 saturated heterocycles. The third-order valence-electron chi connectivity index (χ3n) is 2.37. The molecule has 21 heavy (non-hydrogen) atoms. The summed E-state index contributed by atoms with van der Waals surface area (Å²) < 4.78 is 0. The van der Waals surface area contributed by atoms with Crippen molar-refractivity contribution in [1.29, 1.82) is 0 Å². The first-order chi connectivity index (χ1) is 9.96. The summed E-state index contributed by atoms with van der Waals surface area (Å²) in [4.78, 5) is 10.9. The highest BCUT2D eigenvalue weighted by atomic mass is 32.1. The number of nitrogens with zero attached hydrogens (tertiary/aromatic N) is 2. The Morgan fingerprint density at radius 3 is 2.10 bits per heavy atom. The minimum atomic E-state index is -0.347. The largest absolute Gasteiger partial charge is 0.409 e. The van der Waals surface area contributed by atoms with E-state index in [-0.39, 0.29) is 11.7 Å². The van der Waals surface area contributed by atoms with Gasteiger partial charge < -0.3 is 27.6 Å². The zero-order valence-corrected chi connectivity index (χ0v) is 12.6. The minimum absolute atomic E-state index is 0.273. The molecule has 0 aliphatic heterocycles. The van der Waals surface area contributed by atoms with Gasteiger partial charge in [-0.25, -0.2) is 0 Å². The normalized spacial score (nSPS) is 14.3. The lowest BCUT2D eigenvalue weighted by atomic mass is 10.4. The van der Waals surface area contributed by atoms with Crippen molar-refractivity contribution in [3.05, 3.63) is 22.4 Å². The van der Waals surface area contributed by atoms with Gasteiger partial charge in [-0.2, -0.15) is 0 Å². The van der Waals surface area contributed by atoms with E-state index in [1.54, 1.807) is 12.1 Å². The predicted molar refractivity (Wildman–Crippen MR) is 82.7 cm³/mol. The smallest absolute Gasteiger partial charge is 0.258 e. The molecule has 8 N–H and O–H groups in total. The van der Waals surface area contributed by atoms with Crippen LogP contribution in [-0.4, -0.2) is 28.0 Å². The van der Waals surface area contributed by atoms with Gasteiger partial charge >= 0.3 is 0 Å². The lowest BCUT2D eigenvalue weighted by Crippen LogP contribution is -2.12. The molecule has 1 amide bonds. The standard InChI is InChI=1S/C5H5NOS.C4H8N2O.C3H8N2O/c6-5(7)4-2-1-3-8-4;5-4(6-7)3-1-2-3;1-2-3(4)5-6/h1-3H,(H2,6,7);3,7H,1-2H2,(H2,5,6);6H,2H2,1H3,(H2,4,5). The Bertz CT molecular complexity index is 469. The summed E-state index contributed by atoms with van der Waals surface area (Å²) in [6.07, 6.45) is 2.79. The van der Waals surface area contributed by atoms with Gasteiger partial charge in [-0.15, -0.1) is 11.3 Å². The fourth-order valence-electron chi connectivity index (χ4n) is 0.950. The molecule has 1 saturated carbocycles. The van der Waals surface area contributed by atoms with Gasteiger partial charge in [0.15, 0.2) is 0 Å². The van der Waals surface area contributed by atoms with Crippen LogP contribution < -0.4 is 17.2 Å². The maximum atomic E-state index is 10.3. The molecule has 1 aromatic rings. The highest BCUT2D eigenvalue weighted by Gasteiger charge is 2.25. The van der Waals surface area contributed by atoms with Gasteiger partial charge in [-0.05, 0) is 24.3 Å². The van der Waals surface area contributed by atoms with Gasteiger partial charge in [0.2, 0.25) is 0 Å². The van der Waals surface area contributed by atoms with E-state index in [0.717, 1.165) is 12.8 Å². The molecular weight excluding hydrogens is 294 g/mol. The summed E-state index contributed by atoms with van der Waals surface area (Å²) >= 11 is 1.36. The maximum Gasteiger partial charge on any atom is 0.258 e. The molecule has 1 aromatic heterocycles. The predicted octanol–water partition coefficient (Wildman–Crippen LogP) is 1.13. The first kappa shape index (κ1) is 18.7. The quantitative estimate of drug-likeness (QED) is 0.244. The van der Waals surface area contributed by atoms with Gasteiger partial charge in [-0.1, -0.05) is 23.3 Å². The van der Waals surface area contributed by atoms with Gasteiger partial charge in [-0.3, -0.25) is 4.79 Å². The fraction of sp³-hybridized carbons (Fsp3) is 0.417. The zero-order valence-electron chi connectivity index (χ0n) is 11.8. The first-order valence-corrected chi connectivity index (χ1v) is 7.11. The Hall–Kier alpha value is -2.29. The van der Waals surface area contributed by atoms with Crippen molar-refractivity contribution < 1.29 is 15.2 Å².